The zero-order chi connectivity index (χ0) is 92.6. The maximum absolute atomic E-state index is 13.5. The molecule has 684 valence electrons. The number of rotatable bonds is 22. The lowest BCUT2D eigenvalue weighted by molar-refractivity contribution is 0.0990. The van der Waals surface area contributed by atoms with Crippen molar-refractivity contribution in [3.05, 3.63) is 324 Å². The van der Waals surface area contributed by atoms with Crippen LogP contribution in [-0.4, -0.2) is 76.1 Å². The van der Waals surface area contributed by atoms with E-state index in [9.17, 15) is 36.7 Å². The fourth-order valence-corrected chi connectivity index (χ4v) is 18.1. The first-order valence-corrected chi connectivity index (χ1v) is 45.9. The van der Waals surface area contributed by atoms with Gasteiger partial charge in [-0.3, -0.25) is 19.2 Å². The number of furan rings is 4. The summed E-state index contributed by atoms with van der Waals surface area (Å²) in [4.78, 5) is 69.9. The van der Waals surface area contributed by atoms with Crippen LogP contribution in [0.15, 0.2) is 286 Å². The molecule has 0 spiro atoms. The van der Waals surface area contributed by atoms with Crippen LogP contribution in [0.4, 0.5) is 40.3 Å². The van der Waals surface area contributed by atoms with Crippen LogP contribution in [0.25, 0.3) is 90.8 Å². The first-order valence-electron chi connectivity index (χ1n) is 45.2. The number of methoxy groups -OCH3 is 2. The quantitative estimate of drug-likeness (QED) is 0.0460. The number of amides is 4. The van der Waals surface area contributed by atoms with Crippen molar-refractivity contribution in [2.45, 2.75) is 153 Å². The number of carbonyl (C=O) groups is 4. The first kappa shape index (κ1) is 91.4. The van der Waals surface area contributed by atoms with E-state index >= 15 is 0 Å². The molecular formula is C106H98Cl2F4N12O10. The minimum atomic E-state index is -0.388. The summed E-state index contributed by atoms with van der Waals surface area (Å²) in [5, 5.41) is 12.3. The van der Waals surface area contributed by atoms with Crippen molar-refractivity contribution < 1.29 is 63.9 Å². The fourth-order valence-electron chi connectivity index (χ4n) is 17.8. The lowest BCUT2D eigenvalue weighted by atomic mass is 9.95. The maximum Gasteiger partial charge on any atom is 0.291 e. The fraction of sp³-hybridized carbons (Fsp3) is 0.245. The largest absolute Gasteiger partial charge is 0.497 e. The van der Waals surface area contributed by atoms with Crippen molar-refractivity contribution in [2.24, 2.45) is 0 Å². The van der Waals surface area contributed by atoms with Crippen LogP contribution in [0.3, 0.4) is 0 Å². The molecule has 8 aromatic heterocycles. The average Bonchev–Trinajstić information content (AvgIpc) is 1.64. The topological polar surface area (TPSA) is 259 Å². The molecule has 8 aromatic carbocycles. The Balaban J connectivity index is 0.000000124. The molecule has 0 saturated heterocycles. The second-order valence-corrected chi connectivity index (χ2v) is 34.4. The van der Waals surface area contributed by atoms with E-state index in [1.807, 2.05) is 31.4 Å². The standard InChI is InChI=1S/2C27H26FN3O3.2C26H23ClFN3O2/c1-33-22-9-5-6-20(16-22)30-27(32)24-15-14-23(34-24)26-25(18-10-12-19(28)13-11-18)29-17-31(26)21-7-3-2-4-8-21;1-33-22-13-11-20(12-14-22)30-27(32)24-16-15-23(34-24)26-25(18-7-9-19(28)10-8-18)29-17-31(26)21-5-3-2-4-6-21;27-20-8-4-5-9-21(20)30-26(32)23-15-14-22(33-23)25-24(17-10-12-18(28)13-11-17)29-16-31(25)19-6-2-1-3-7-19;27-18-8-12-20(13-9-18)30-26(32)23-15-14-22(33-23)25-24(17-6-10-19(28)11-7-17)29-16-31(25)21-4-2-1-3-5-21/h5-6,9-17,21H,2-4,7-8H2,1H3,(H,30,32);7-17,21H,2-6H2,1H3,(H,30,32);4-5,8-16,19H,1-3,6-7H2,(H,30,32);6-16,21H,1-5H2,(H,30,32). The SMILES string of the molecule is COc1ccc(NC(=O)c2ccc(-c3c(-c4ccc(F)cc4)ncn3C3CCCCC3)o2)cc1.COc1cccc(NC(=O)c2ccc(-c3c(-c4ccc(F)cc4)ncn3C3CCCCC3)o2)c1.O=C(Nc1ccc(Cl)cc1)c1ccc(-c2c(-c3ccc(F)cc3)ncn2C2CCCCC2)o1.O=C(Nc1ccccc1Cl)c1ccc(-c2c(-c3ccc(F)cc3)ncn2C2CCCCC2)o1. The van der Waals surface area contributed by atoms with E-state index in [0.29, 0.717) is 114 Å². The molecule has 4 aliphatic carbocycles. The van der Waals surface area contributed by atoms with Gasteiger partial charge in [-0.1, -0.05) is 118 Å². The molecule has 0 aliphatic heterocycles. The molecule has 0 unspecified atom stereocenters. The molecule has 0 bridgehead atoms. The van der Waals surface area contributed by atoms with Crippen LogP contribution >= 0.6 is 23.2 Å². The summed E-state index contributed by atoms with van der Waals surface area (Å²) in [5.41, 5.74) is 11.6. The summed E-state index contributed by atoms with van der Waals surface area (Å²) in [5.74, 6) is 1.70. The predicted molar refractivity (Wildman–Crippen MR) is 510 cm³/mol. The maximum atomic E-state index is 13.5. The first-order chi connectivity index (χ1) is 65.4. The lowest BCUT2D eigenvalue weighted by Crippen LogP contribution is -2.13. The summed E-state index contributed by atoms with van der Waals surface area (Å²) in [6.07, 6.45) is 30.1. The van der Waals surface area contributed by atoms with Crippen LogP contribution in [-0.2, 0) is 0 Å². The van der Waals surface area contributed by atoms with Crippen LogP contribution in [0.2, 0.25) is 10.0 Å². The van der Waals surface area contributed by atoms with Crippen LogP contribution in [0.1, 0.15) is 195 Å². The van der Waals surface area contributed by atoms with Gasteiger partial charge in [0.2, 0.25) is 0 Å². The molecule has 4 fully saturated rings. The highest BCUT2D eigenvalue weighted by molar-refractivity contribution is 6.34. The second-order valence-electron chi connectivity index (χ2n) is 33.5. The van der Waals surface area contributed by atoms with Gasteiger partial charge >= 0.3 is 0 Å². The number of carbonyl (C=O) groups excluding carboxylic acids is 4. The molecule has 0 radical (unpaired) electrons. The van der Waals surface area contributed by atoms with E-state index in [1.54, 1.807) is 202 Å². The van der Waals surface area contributed by atoms with Gasteiger partial charge < -0.3 is 66.7 Å². The number of anilines is 4. The third-order valence-electron chi connectivity index (χ3n) is 24.7. The molecule has 8 heterocycles. The number of nitrogens with one attached hydrogen (secondary N) is 4. The molecule has 4 aliphatic rings. The van der Waals surface area contributed by atoms with E-state index in [4.69, 9.17) is 50.3 Å². The van der Waals surface area contributed by atoms with E-state index in [2.05, 4.69) is 59.5 Å². The van der Waals surface area contributed by atoms with E-state index in [1.165, 1.54) is 113 Å². The van der Waals surface area contributed by atoms with Crippen molar-refractivity contribution in [3.8, 4) is 102 Å². The van der Waals surface area contributed by atoms with Crippen LogP contribution in [0, 0.1) is 23.3 Å². The number of hydrogen-bond donors (Lipinski definition) is 4. The van der Waals surface area contributed by atoms with Gasteiger partial charge in [0.25, 0.3) is 23.6 Å². The molecule has 16 aromatic rings. The Morgan fingerprint density at radius 3 is 0.910 bits per heavy atom. The normalized spacial score (nSPS) is 14.3. The molecule has 0 atom stereocenters. The molecular weight excluding hydrogens is 1750 g/mol. The van der Waals surface area contributed by atoms with E-state index in [-0.39, 0.29) is 69.9 Å². The summed E-state index contributed by atoms with van der Waals surface area (Å²) < 4.78 is 97.3. The third kappa shape index (κ3) is 21.8. The number of nitrogens with zero attached hydrogens (tertiary/aromatic N) is 8. The number of hydrogen-bond acceptors (Lipinski definition) is 14. The van der Waals surface area contributed by atoms with Gasteiger partial charge in [-0.25, -0.2) is 37.5 Å². The Labute approximate surface area is 781 Å². The third-order valence-corrected chi connectivity index (χ3v) is 25.3. The Kier molecular flexibility index (Phi) is 29.2. The minimum Gasteiger partial charge on any atom is -0.497 e. The van der Waals surface area contributed by atoms with Gasteiger partial charge in [0.05, 0.1) is 73.0 Å². The number of benzene rings is 8. The summed E-state index contributed by atoms with van der Waals surface area (Å²) in [6.45, 7) is 0. The molecule has 4 saturated carbocycles. The smallest absolute Gasteiger partial charge is 0.291 e. The Bertz CT molecular complexity index is 6690. The van der Waals surface area contributed by atoms with E-state index in [0.717, 1.165) is 109 Å². The van der Waals surface area contributed by atoms with Gasteiger partial charge in [-0.2, -0.15) is 0 Å². The molecule has 28 heteroatoms. The number of halogens is 6. The highest BCUT2D eigenvalue weighted by Gasteiger charge is 2.32. The van der Waals surface area contributed by atoms with Gasteiger partial charge in [0.15, 0.2) is 46.1 Å². The van der Waals surface area contributed by atoms with Crippen molar-refractivity contribution >= 4 is 69.6 Å². The van der Waals surface area contributed by atoms with Crippen molar-refractivity contribution in [2.75, 3.05) is 35.5 Å². The summed E-state index contributed by atoms with van der Waals surface area (Å²) in [7, 11) is 3.17. The Morgan fingerprint density at radius 1 is 0.313 bits per heavy atom. The Hall–Kier alpha value is -14.5. The minimum absolute atomic E-state index is 0.173. The van der Waals surface area contributed by atoms with Gasteiger partial charge in [0, 0.05) is 74.6 Å². The monoisotopic (exact) mass is 1840 g/mol. The van der Waals surface area contributed by atoms with E-state index < -0.39 is 0 Å². The van der Waals surface area contributed by atoms with Crippen molar-refractivity contribution in [1.82, 2.24) is 38.2 Å². The molecule has 22 nitrogen and oxygen atoms in total. The zero-order valence-corrected chi connectivity index (χ0v) is 75.3. The number of aromatic nitrogens is 8. The summed E-state index contributed by atoms with van der Waals surface area (Å²) >= 11 is 12.1. The molecule has 4 N–H and O–H groups in total. The summed E-state index contributed by atoms with van der Waals surface area (Å²) in [6, 6.07) is 68.3. The van der Waals surface area contributed by atoms with Gasteiger partial charge in [-0.05, 0) is 270 Å². The van der Waals surface area contributed by atoms with Crippen molar-refractivity contribution in [1.29, 1.82) is 0 Å². The van der Waals surface area contributed by atoms with Crippen LogP contribution < -0.4 is 30.7 Å². The highest BCUT2D eigenvalue weighted by Crippen LogP contribution is 2.45. The van der Waals surface area contributed by atoms with Gasteiger partial charge in [-0.15, -0.1) is 0 Å². The second kappa shape index (κ2) is 42.8. The predicted octanol–water partition coefficient (Wildman–Crippen LogP) is 28.2. The molecule has 134 heavy (non-hydrogen) atoms. The van der Waals surface area contributed by atoms with Gasteiger partial charge in [0.1, 0.15) is 57.5 Å². The Morgan fingerprint density at radius 2 is 0.604 bits per heavy atom. The molecule has 20 rings (SSSR count). The number of imidazole rings is 4. The average molecular weight is 1850 g/mol. The van der Waals surface area contributed by atoms with Crippen LogP contribution in [0.5, 0.6) is 11.5 Å². The molecule has 4 amide bonds. The lowest BCUT2D eigenvalue weighted by Gasteiger charge is -2.24. The van der Waals surface area contributed by atoms with Crippen molar-refractivity contribution in [3.63, 3.8) is 0 Å². The number of ether oxygens (including phenoxy) is 2. The highest BCUT2D eigenvalue weighted by atomic mass is 35.5. The zero-order valence-electron chi connectivity index (χ0n) is 73.8. The number of para-hydroxylation sites is 1.